The zero-order valence-corrected chi connectivity index (χ0v) is 14.4. The lowest BCUT2D eigenvalue weighted by Gasteiger charge is -2.30. The summed E-state index contributed by atoms with van der Waals surface area (Å²) < 4.78 is 16.3. The normalized spacial score (nSPS) is 23.0. The summed E-state index contributed by atoms with van der Waals surface area (Å²) in [7, 11) is 4.94. The van der Waals surface area contributed by atoms with Crippen LogP contribution in [0.15, 0.2) is 12.1 Å². The van der Waals surface area contributed by atoms with Gasteiger partial charge in [0.05, 0.1) is 21.3 Å². The number of rotatable bonds is 6. The first-order valence-corrected chi connectivity index (χ1v) is 8.15. The van der Waals surface area contributed by atoms with E-state index in [2.05, 4.69) is 19.2 Å². The third-order valence-corrected chi connectivity index (χ3v) is 4.61. The molecule has 1 saturated carbocycles. The van der Waals surface area contributed by atoms with Gasteiger partial charge in [0, 0.05) is 12.1 Å². The Morgan fingerprint density at radius 1 is 1.05 bits per heavy atom. The predicted octanol–water partition coefficient (Wildman–Crippen LogP) is 3.94. The van der Waals surface area contributed by atoms with Crippen molar-refractivity contribution >= 4 is 0 Å². The fraction of sp³-hybridized carbons (Fsp3) is 0.667. The van der Waals surface area contributed by atoms with Crippen LogP contribution in [-0.4, -0.2) is 27.4 Å². The molecule has 1 N–H and O–H groups in total. The summed E-state index contributed by atoms with van der Waals surface area (Å²) >= 11 is 0. The van der Waals surface area contributed by atoms with Crippen LogP contribution in [0.25, 0.3) is 0 Å². The lowest BCUT2D eigenvalue weighted by Crippen LogP contribution is -2.35. The molecule has 0 bridgehead atoms. The highest BCUT2D eigenvalue weighted by atomic mass is 16.5. The molecule has 124 valence electrons. The number of ether oxygens (including phenoxy) is 3. The molecule has 3 atom stereocenters. The second-order valence-electron chi connectivity index (χ2n) is 6.32. The summed E-state index contributed by atoms with van der Waals surface area (Å²) in [5.41, 5.74) is 1.16. The van der Waals surface area contributed by atoms with E-state index in [1.165, 1.54) is 25.7 Å². The second-order valence-corrected chi connectivity index (χ2v) is 6.32. The lowest BCUT2D eigenvalue weighted by atomic mass is 9.86. The van der Waals surface area contributed by atoms with Crippen LogP contribution in [-0.2, 0) is 0 Å². The zero-order valence-electron chi connectivity index (χ0n) is 14.4. The van der Waals surface area contributed by atoms with Crippen LogP contribution in [0.3, 0.4) is 0 Å². The summed E-state index contributed by atoms with van der Waals surface area (Å²) in [6.07, 6.45) is 5.20. The fourth-order valence-electron chi connectivity index (χ4n) is 3.39. The quantitative estimate of drug-likeness (QED) is 0.864. The Balaban J connectivity index is 2.16. The SMILES string of the molecule is COc1cc(C(C)NC2CCCC(C)C2)cc(OC)c1OC. The average Bonchev–Trinajstić information content (AvgIpc) is 2.53. The minimum absolute atomic E-state index is 0.254. The molecule has 1 aliphatic rings. The maximum atomic E-state index is 5.44. The van der Waals surface area contributed by atoms with Gasteiger partial charge in [-0.3, -0.25) is 0 Å². The van der Waals surface area contributed by atoms with E-state index < -0.39 is 0 Å². The van der Waals surface area contributed by atoms with Crippen LogP contribution < -0.4 is 19.5 Å². The van der Waals surface area contributed by atoms with Crippen molar-refractivity contribution in [2.24, 2.45) is 5.92 Å². The molecule has 0 heterocycles. The van der Waals surface area contributed by atoms with Crippen molar-refractivity contribution in [2.75, 3.05) is 21.3 Å². The third kappa shape index (κ3) is 3.86. The average molecular weight is 307 g/mol. The Labute approximate surface area is 134 Å². The van der Waals surface area contributed by atoms with Crippen LogP contribution in [0.5, 0.6) is 17.2 Å². The Morgan fingerprint density at radius 2 is 1.68 bits per heavy atom. The van der Waals surface area contributed by atoms with E-state index >= 15 is 0 Å². The van der Waals surface area contributed by atoms with Gasteiger partial charge in [-0.1, -0.05) is 19.8 Å². The highest BCUT2D eigenvalue weighted by Gasteiger charge is 2.22. The Morgan fingerprint density at radius 3 is 2.18 bits per heavy atom. The van der Waals surface area contributed by atoms with Gasteiger partial charge in [-0.05, 0) is 43.4 Å². The molecule has 0 radical (unpaired) electrons. The number of methoxy groups -OCH3 is 3. The molecule has 1 aromatic carbocycles. The highest BCUT2D eigenvalue weighted by molar-refractivity contribution is 5.54. The van der Waals surface area contributed by atoms with E-state index in [0.717, 1.165) is 11.5 Å². The second kappa shape index (κ2) is 7.73. The lowest BCUT2D eigenvalue weighted by molar-refractivity contribution is 0.284. The zero-order chi connectivity index (χ0) is 16.1. The van der Waals surface area contributed by atoms with Gasteiger partial charge in [0.1, 0.15) is 0 Å². The largest absolute Gasteiger partial charge is 0.493 e. The maximum absolute atomic E-state index is 5.44. The number of hydrogen-bond donors (Lipinski definition) is 1. The van der Waals surface area contributed by atoms with E-state index in [0.29, 0.717) is 23.3 Å². The van der Waals surface area contributed by atoms with Crippen molar-refractivity contribution in [3.05, 3.63) is 17.7 Å². The molecule has 4 heteroatoms. The monoisotopic (exact) mass is 307 g/mol. The van der Waals surface area contributed by atoms with Gasteiger partial charge in [0.2, 0.25) is 5.75 Å². The topological polar surface area (TPSA) is 39.7 Å². The number of nitrogens with one attached hydrogen (secondary N) is 1. The molecule has 0 spiro atoms. The van der Waals surface area contributed by atoms with Gasteiger partial charge >= 0.3 is 0 Å². The van der Waals surface area contributed by atoms with Gasteiger partial charge in [0.15, 0.2) is 11.5 Å². The predicted molar refractivity (Wildman–Crippen MR) is 89.1 cm³/mol. The molecule has 1 aromatic rings. The molecular weight excluding hydrogens is 278 g/mol. The first kappa shape index (κ1) is 16.9. The van der Waals surface area contributed by atoms with E-state index in [-0.39, 0.29) is 6.04 Å². The van der Waals surface area contributed by atoms with Crippen molar-refractivity contribution in [1.82, 2.24) is 5.32 Å². The smallest absolute Gasteiger partial charge is 0.203 e. The molecule has 22 heavy (non-hydrogen) atoms. The van der Waals surface area contributed by atoms with Crippen molar-refractivity contribution in [3.8, 4) is 17.2 Å². The number of benzene rings is 1. The fourth-order valence-corrected chi connectivity index (χ4v) is 3.39. The summed E-state index contributed by atoms with van der Waals surface area (Å²) in [6.45, 7) is 4.54. The summed E-state index contributed by atoms with van der Waals surface area (Å²) in [4.78, 5) is 0. The Hall–Kier alpha value is -1.42. The summed E-state index contributed by atoms with van der Waals surface area (Å²) in [5, 5.41) is 3.75. The van der Waals surface area contributed by atoms with Crippen molar-refractivity contribution in [3.63, 3.8) is 0 Å². The standard InChI is InChI=1S/C18H29NO3/c1-12-7-6-8-15(9-12)19-13(2)14-10-16(20-3)18(22-5)17(11-14)21-4/h10-13,15,19H,6-9H2,1-5H3. The summed E-state index contributed by atoms with van der Waals surface area (Å²) in [6, 6.07) is 4.91. The van der Waals surface area contributed by atoms with Crippen molar-refractivity contribution in [1.29, 1.82) is 0 Å². The van der Waals surface area contributed by atoms with E-state index in [1.54, 1.807) is 21.3 Å². The molecule has 0 amide bonds. The molecular formula is C18H29NO3. The maximum Gasteiger partial charge on any atom is 0.203 e. The molecule has 1 fully saturated rings. The van der Waals surface area contributed by atoms with Crippen molar-refractivity contribution < 1.29 is 14.2 Å². The Bertz CT molecular complexity index is 464. The van der Waals surface area contributed by atoms with E-state index in [4.69, 9.17) is 14.2 Å². The third-order valence-electron chi connectivity index (χ3n) is 4.61. The minimum atomic E-state index is 0.254. The number of hydrogen-bond acceptors (Lipinski definition) is 4. The van der Waals surface area contributed by atoms with Gasteiger partial charge < -0.3 is 19.5 Å². The van der Waals surface area contributed by atoms with Gasteiger partial charge in [-0.25, -0.2) is 0 Å². The summed E-state index contributed by atoms with van der Waals surface area (Å²) in [5.74, 6) is 2.88. The van der Waals surface area contributed by atoms with Crippen LogP contribution >= 0.6 is 0 Å². The van der Waals surface area contributed by atoms with Gasteiger partial charge in [-0.15, -0.1) is 0 Å². The van der Waals surface area contributed by atoms with Crippen LogP contribution in [0.4, 0.5) is 0 Å². The first-order chi connectivity index (χ1) is 10.6. The van der Waals surface area contributed by atoms with Crippen LogP contribution in [0.1, 0.15) is 51.1 Å². The first-order valence-electron chi connectivity index (χ1n) is 8.15. The molecule has 0 saturated heterocycles. The molecule has 0 aromatic heterocycles. The highest BCUT2D eigenvalue weighted by Crippen LogP contribution is 2.40. The van der Waals surface area contributed by atoms with Crippen molar-refractivity contribution in [2.45, 2.75) is 51.6 Å². The van der Waals surface area contributed by atoms with E-state index in [9.17, 15) is 0 Å². The molecule has 2 rings (SSSR count). The minimum Gasteiger partial charge on any atom is -0.493 e. The molecule has 1 aliphatic carbocycles. The van der Waals surface area contributed by atoms with E-state index in [1.807, 2.05) is 12.1 Å². The molecule has 0 aliphatic heterocycles. The molecule has 4 nitrogen and oxygen atoms in total. The molecule has 3 unspecified atom stereocenters. The van der Waals surface area contributed by atoms with Crippen LogP contribution in [0.2, 0.25) is 0 Å². The van der Waals surface area contributed by atoms with Crippen LogP contribution in [0, 0.1) is 5.92 Å². The Kier molecular flexibility index (Phi) is 5.95. The van der Waals surface area contributed by atoms with Gasteiger partial charge in [-0.2, -0.15) is 0 Å². The van der Waals surface area contributed by atoms with Gasteiger partial charge in [0.25, 0.3) is 0 Å².